The first-order chi connectivity index (χ1) is 15.8. The Hall–Kier alpha value is -3.71. The Bertz CT molecular complexity index is 1470. The average Bonchev–Trinajstić information content (AvgIpc) is 3.32. The first-order valence-corrected chi connectivity index (χ1v) is 11.0. The van der Waals surface area contributed by atoms with Crippen LogP contribution in [0.2, 0.25) is 0 Å². The lowest BCUT2D eigenvalue weighted by atomic mass is 9.92. The Labute approximate surface area is 196 Å². The summed E-state index contributed by atoms with van der Waals surface area (Å²) in [6, 6.07) is 18.7. The topological polar surface area (TPSA) is 70.7 Å². The van der Waals surface area contributed by atoms with Crippen LogP contribution in [0.25, 0.3) is 11.0 Å². The van der Waals surface area contributed by atoms with Gasteiger partial charge in [0.2, 0.25) is 5.78 Å². The number of aryl methyl sites for hydroxylation is 1. The standard InChI is InChI=1S/C26H17BrFNO4/c1-14-5-2-3-8-19(14)23-22(24(30)21-12-15-11-16(27)9-10-20(15)33-21)25(31)26(32)29(23)18-7-4-6-17(28)13-18/h2-13,23,31H,1H3. The van der Waals surface area contributed by atoms with Crippen molar-refractivity contribution in [3.63, 3.8) is 0 Å². The molecule has 2 heterocycles. The molecule has 1 N–H and O–H groups in total. The molecule has 1 aliphatic heterocycles. The van der Waals surface area contributed by atoms with Crippen LogP contribution in [0.1, 0.15) is 27.7 Å². The van der Waals surface area contributed by atoms with E-state index in [9.17, 15) is 19.1 Å². The van der Waals surface area contributed by atoms with Crippen LogP contribution in [-0.4, -0.2) is 16.8 Å². The van der Waals surface area contributed by atoms with E-state index in [0.717, 1.165) is 10.0 Å². The molecule has 7 heteroatoms. The average molecular weight is 506 g/mol. The number of anilines is 1. The van der Waals surface area contributed by atoms with E-state index >= 15 is 0 Å². The molecule has 4 aromatic rings. The molecule has 0 radical (unpaired) electrons. The molecule has 3 aromatic carbocycles. The lowest BCUT2D eigenvalue weighted by Gasteiger charge is -2.27. The number of ketones is 1. The highest BCUT2D eigenvalue weighted by Crippen LogP contribution is 2.43. The maximum Gasteiger partial charge on any atom is 0.294 e. The molecule has 0 saturated heterocycles. The largest absolute Gasteiger partial charge is 0.503 e. The number of aliphatic hydroxyl groups excluding tert-OH is 1. The van der Waals surface area contributed by atoms with Gasteiger partial charge in [-0.05, 0) is 60.5 Å². The lowest BCUT2D eigenvalue weighted by molar-refractivity contribution is -0.117. The van der Waals surface area contributed by atoms with E-state index in [-0.39, 0.29) is 17.0 Å². The Kier molecular flexibility index (Phi) is 5.13. The van der Waals surface area contributed by atoms with Gasteiger partial charge in [0.15, 0.2) is 11.5 Å². The van der Waals surface area contributed by atoms with Crippen molar-refractivity contribution in [1.29, 1.82) is 0 Å². The van der Waals surface area contributed by atoms with Crippen LogP contribution < -0.4 is 4.90 Å². The first-order valence-electron chi connectivity index (χ1n) is 10.2. The number of furan rings is 1. The van der Waals surface area contributed by atoms with Crippen LogP contribution in [-0.2, 0) is 4.79 Å². The normalized spacial score (nSPS) is 16.2. The van der Waals surface area contributed by atoms with E-state index in [0.29, 0.717) is 16.5 Å². The van der Waals surface area contributed by atoms with Gasteiger partial charge in [-0.3, -0.25) is 14.5 Å². The Balaban J connectivity index is 1.69. The number of hydrogen-bond acceptors (Lipinski definition) is 4. The highest BCUT2D eigenvalue weighted by Gasteiger charge is 2.45. The SMILES string of the molecule is Cc1ccccc1C1C(C(=O)c2cc3cc(Br)ccc3o2)=C(O)C(=O)N1c1cccc(F)c1. The van der Waals surface area contributed by atoms with Gasteiger partial charge in [0, 0.05) is 15.5 Å². The summed E-state index contributed by atoms with van der Waals surface area (Å²) in [7, 11) is 0. The quantitative estimate of drug-likeness (QED) is 0.324. The van der Waals surface area contributed by atoms with Crippen molar-refractivity contribution in [3.05, 3.63) is 111 Å². The van der Waals surface area contributed by atoms with Crippen molar-refractivity contribution in [2.24, 2.45) is 0 Å². The van der Waals surface area contributed by atoms with Crippen LogP contribution in [0, 0.1) is 12.7 Å². The molecule has 164 valence electrons. The summed E-state index contributed by atoms with van der Waals surface area (Å²) in [6.45, 7) is 1.85. The second-order valence-electron chi connectivity index (χ2n) is 7.80. The van der Waals surface area contributed by atoms with Crippen molar-refractivity contribution < 1.29 is 23.5 Å². The number of rotatable bonds is 4. The third kappa shape index (κ3) is 3.54. The number of carbonyl (C=O) groups excluding carboxylic acids is 2. The van der Waals surface area contributed by atoms with E-state index < -0.39 is 29.3 Å². The zero-order valence-corrected chi connectivity index (χ0v) is 19.0. The minimum atomic E-state index is -0.951. The molecule has 0 bridgehead atoms. The molecule has 1 aromatic heterocycles. The summed E-state index contributed by atoms with van der Waals surface area (Å²) in [5, 5.41) is 11.6. The van der Waals surface area contributed by atoms with Crippen LogP contribution in [0.15, 0.2) is 93.0 Å². The van der Waals surface area contributed by atoms with Crippen molar-refractivity contribution in [1.82, 2.24) is 0 Å². The van der Waals surface area contributed by atoms with E-state index in [4.69, 9.17) is 4.42 Å². The van der Waals surface area contributed by atoms with Gasteiger partial charge in [0.25, 0.3) is 5.91 Å². The summed E-state index contributed by atoms with van der Waals surface area (Å²) >= 11 is 3.39. The fourth-order valence-electron chi connectivity index (χ4n) is 4.18. The van der Waals surface area contributed by atoms with Gasteiger partial charge in [-0.2, -0.15) is 0 Å². The molecule has 0 aliphatic carbocycles. The number of benzene rings is 3. The van der Waals surface area contributed by atoms with Crippen LogP contribution in [0.3, 0.4) is 0 Å². The van der Waals surface area contributed by atoms with Gasteiger partial charge in [-0.15, -0.1) is 0 Å². The van der Waals surface area contributed by atoms with E-state index in [1.165, 1.54) is 23.1 Å². The highest BCUT2D eigenvalue weighted by molar-refractivity contribution is 9.10. The van der Waals surface area contributed by atoms with Crippen LogP contribution >= 0.6 is 15.9 Å². The molecule has 0 spiro atoms. The third-order valence-electron chi connectivity index (χ3n) is 5.72. The molecule has 1 amide bonds. The van der Waals surface area contributed by atoms with Gasteiger partial charge in [-0.1, -0.05) is 46.3 Å². The second kappa shape index (κ2) is 8.01. The van der Waals surface area contributed by atoms with Gasteiger partial charge in [0.05, 0.1) is 11.6 Å². The Morgan fingerprint density at radius 1 is 1.06 bits per heavy atom. The number of fused-ring (bicyclic) bond motifs is 1. The van der Waals surface area contributed by atoms with Crippen molar-refractivity contribution >= 4 is 44.3 Å². The maximum absolute atomic E-state index is 14.0. The molecule has 1 unspecified atom stereocenters. The predicted molar refractivity (Wildman–Crippen MR) is 126 cm³/mol. The summed E-state index contributed by atoms with van der Waals surface area (Å²) in [5.41, 5.74) is 2.07. The Morgan fingerprint density at radius 2 is 1.85 bits per heavy atom. The molecule has 0 saturated carbocycles. The predicted octanol–water partition coefficient (Wildman–Crippen LogP) is 6.43. The second-order valence-corrected chi connectivity index (χ2v) is 8.71. The summed E-state index contributed by atoms with van der Waals surface area (Å²) in [6.07, 6.45) is 0. The molecule has 0 fully saturated rings. The molecular formula is C26H17BrFNO4. The maximum atomic E-state index is 14.0. The molecule has 5 nitrogen and oxygen atoms in total. The minimum absolute atomic E-state index is 0.00266. The monoisotopic (exact) mass is 505 g/mol. The smallest absolute Gasteiger partial charge is 0.294 e. The number of carbonyl (C=O) groups is 2. The van der Waals surface area contributed by atoms with Crippen LogP contribution in [0.5, 0.6) is 0 Å². The van der Waals surface area contributed by atoms with Gasteiger partial charge in [0.1, 0.15) is 11.4 Å². The number of nitrogens with zero attached hydrogens (tertiary/aromatic N) is 1. The van der Waals surface area contributed by atoms with Crippen molar-refractivity contribution in [2.75, 3.05) is 4.90 Å². The third-order valence-corrected chi connectivity index (χ3v) is 6.22. The van der Waals surface area contributed by atoms with E-state index in [1.807, 2.05) is 25.1 Å². The zero-order valence-electron chi connectivity index (χ0n) is 17.4. The van der Waals surface area contributed by atoms with Crippen LogP contribution in [0.4, 0.5) is 10.1 Å². The van der Waals surface area contributed by atoms with Crippen molar-refractivity contribution in [2.45, 2.75) is 13.0 Å². The lowest BCUT2D eigenvalue weighted by Crippen LogP contribution is -2.31. The zero-order chi connectivity index (χ0) is 23.3. The molecule has 33 heavy (non-hydrogen) atoms. The summed E-state index contributed by atoms with van der Waals surface area (Å²) in [5.74, 6) is -2.61. The highest BCUT2D eigenvalue weighted by atomic mass is 79.9. The van der Waals surface area contributed by atoms with E-state index in [1.54, 1.807) is 36.4 Å². The van der Waals surface area contributed by atoms with Gasteiger partial charge in [-0.25, -0.2) is 4.39 Å². The summed E-state index contributed by atoms with van der Waals surface area (Å²) in [4.78, 5) is 28.0. The fraction of sp³-hybridized carbons (Fsp3) is 0.0769. The minimum Gasteiger partial charge on any atom is -0.503 e. The number of halogens is 2. The van der Waals surface area contributed by atoms with Gasteiger partial charge >= 0.3 is 0 Å². The van der Waals surface area contributed by atoms with E-state index in [2.05, 4.69) is 15.9 Å². The molecule has 1 atom stereocenters. The molecule has 5 rings (SSSR count). The van der Waals surface area contributed by atoms with Gasteiger partial charge < -0.3 is 9.52 Å². The summed E-state index contributed by atoms with van der Waals surface area (Å²) < 4.78 is 20.6. The fourth-order valence-corrected chi connectivity index (χ4v) is 4.55. The Morgan fingerprint density at radius 3 is 2.61 bits per heavy atom. The number of Topliss-reactive ketones (excluding diaryl/α,β-unsaturated/α-hetero) is 1. The number of amides is 1. The number of hydrogen-bond donors (Lipinski definition) is 1. The molecular weight excluding hydrogens is 489 g/mol. The molecule has 1 aliphatic rings. The first kappa shape index (κ1) is 21.2. The number of aliphatic hydroxyl groups is 1. The van der Waals surface area contributed by atoms with Crippen molar-refractivity contribution in [3.8, 4) is 0 Å².